The zero-order valence-corrected chi connectivity index (χ0v) is 21.6. The third kappa shape index (κ3) is 25.4. The molecular formula is C21H48N3O6P. The Morgan fingerprint density at radius 2 is 1.45 bits per heavy atom. The van der Waals surface area contributed by atoms with Gasteiger partial charge in [-0.3, -0.25) is 4.57 Å². The van der Waals surface area contributed by atoms with Crippen molar-refractivity contribution in [3.05, 3.63) is 0 Å². The highest BCUT2D eigenvalue weighted by Gasteiger charge is 2.13. The molecule has 0 aromatic heterocycles. The van der Waals surface area contributed by atoms with Gasteiger partial charge in [0, 0.05) is 27.2 Å². The van der Waals surface area contributed by atoms with Crippen LogP contribution in [0.3, 0.4) is 0 Å². The topological polar surface area (TPSA) is 113 Å². The van der Waals surface area contributed by atoms with Gasteiger partial charge in [0.15, 0.2) is 0 Å². The minimum Gasteiger partial charge on any atom is -0.756 e. The number of hydrogen-bond donors (Lipinski definition) is 2. The van der Waals surface area contributed by atoms with Gasteiger partial charge in [-0.15, -0.1) is 0 Å². The van der Waals surface area contributed by atoms with E-state index in [2.05, 4.69) is 11.4 Å². The second-order valence-electron chi connectivity index (χ2n) is 9.03. The fourth-order valence-electron chi connectivity index (χ4n) is 2.75. The van der Waals surface area contributed by atoms with Crippen LogP contribution in [-0.2, 0) is 9.09 Å². The number of nitrogens with zero attached hydrogens (tertiary/aromatic N) is 3. The Hall–Kier alpha value is -0.700. The highest BCUT2D eigenvalue weighted by molar-refractivity contribution is 7.44. The highest BCUT2D eigenvalue weighted by Crippen LogP contribution is 2.29. The predicted octanol–water partition coefficient (Wildman–Crippen LogP) is 2.66. The van der Waals surface area contributed by atoms with Crippen LogP contribution in [0.2, 0.25) is 0 Å². The summed E-state index contributed by atoms with van der Waals surface area (Å²) in [6.45, 7) is 4.03. The third-order valence-electron chi connectivity index (χ3n) is 4.57. The summed E-state index contributed by atoms with van der Waals surface area (Å²) < 4.78 is 14.8. The molecule has 10 heteroatoms. The number of hydrogen-bond acceptors (Lipinski definition) is 5. The van der Waals surface area contributed by atoms with Crippen molar-refractivity contribution in [2.45, 2.75) is 64.7 Å². The molecular weight excluding hydrogens is 421 g/mol. The fourth-order valence-corrected chi connectivity index (χ4v) is 3.06. The first-order valence-corrected chi connectivity index (χ1v) is 12.9. The van der Waals surface area contributed by atoms with Crippen LogP contribution in [0.15, 0.2) is 0 Å². The van der Waals surface area contributed by atoms with Crippen LogP contribution in [0.5, 0.6) is 0 Å². The molecule has 0 aliphatic heterocycles. The molecule has 0 heterocycles. The van der Waals surface area contributed by atoms with Crippen molar-refractivity contribution < 1.29 is 33.3 Å². The SMILES string of the molecule is CCCCCCCCCCCN(CCO)C(=O)N(C)C.C[N+](C)(C)CCOP(=O)([O-])O. The lowest BCUT2D eigenvalue weighted by atomic mass is 10.1. The zero-order chi connectivity index (χ0) is 24.3. The Morgan fingerprint density at radius 3 is 1.84 bits per heavy atom. The smallest absolute Gasteiger partial charge is 0.319 e. The van der Waals surface area contributed by atoms with Crippen LogP contribution >= 0.6 is 7.82 Å². The minimum absolute atomic E-state index is 0.00128. The number of amides is 2. The van der Waals surface area contributed by atoms with Crippen molar-refractivity contribution >= 4 is 13.9 Å². The van der Waals surface area contributed by atoms with E-state index in [1.807, 2.05) is 21.1 Å². The maximum atomic E-state index is 11.8. The predicted molar refractivity (Wildman–Crippen MR) is 124 cm³/mol. The second kappa shape index (κ2) is 18.8. The molecule has 1 atom stereocenters. The average molecular weight is 470 g/mol. The first-order valence-electron chi connectivity index (χ1n) is 11.4. The standard InChI is InChI=1S/C16H34N2O2.C5H14NO4P/c1-4-5-6-7-8-9-10-11-12-13-18(14-15-19)16(20)17(2)3;1-6(2,3)4-5-10-11(7,8)9/h19H,4-15H2,1-3H3;4-5H2,1-3H3,(H-,7,8,9). The molecule has 1 unspecified atom stereocenters. The van der Waals surface area contributed by atoms with Gasteiger partial charge in [0.2, 0.25) is 0 Å². The van der Waals surface area contributed by atoms with Crippen molar-refractivity contribution in [2.24, 2.45) is 0 Å². The van der Waals surface area contributed by atoms with Gasteiger partial charge < -0.3 is 33.7 Å². The lowest BCUT2D eigenvalue weighted by Gasteiger charge is -2.25. The van der Waals surface area contributed by atoms with Crippen LogP contribution in [0.4, 0.5) is 4.79 Å². The lowest BCUT2D eigenvalue weighted by molar-refractivity contribution is -0.870. The molecule has 0 aromatic carbocycles. The highest BCUT2D eigenvalue weighted by atomic mass is 31.2. The molecule has 0 aliphatic carbocycles. The largest absolute Gasteiger partial charge is 0.756 e. The molecule has 31 heavy (non-hydrogen) atoms. The molecule has 0 saturated carbocycles. The Balaban J connectivity index is 0. The summed E-state index contributed by atoms with van der Waals surface area (Å²) in [4.78, 5) is 33.4. The van der Waals surface area contributed by atoms with E-state index >= 15 is 0 Å². The number of aliphatic hydroxyl groups is 1. The molecule has 0 spiro atoms. The Labute approximate surface area is 190 Å². The molecule has 0 rings (SSSR count). The first-order chi connectivity index (χ1) is 14.3. The number of aliphatic hydroxyl groups excluding tert-OH is 1. The van der Waals surface area contributed by atoms with Crippen LogP contribution in [0.1, 0.15) is 64.7 Å². The Kier molecular flexibility index (Phi) is 19.7. The lowest BCUT2D eigenvalue weighted by Crippen LogP contribution is -2.41. The van der Waals surface area contributed by atoms with Gasteiger partial charge in [0.25, 0.3) is 7.82 Å². The molecule has 0 radical (unpaired) electrons. The molecule has 2 N–H and O–H groups in total. The summed E-state index contributed by atoms with van der Waals surface area (Å²) in [5, 5.41) is 9.00. The number of likely N-dealkylation sites (N-methyl/N-ethyl adjacent to an activating group) is 1. The zero-order valence-electron chi connectivity index (χ0n) is 20.7. The van der Waals surface area contributed by atoms with Crippen molar-refractivity contribution in [3.63, 3.8) is 0 Å². The molecule has 9 nitrogen and oxygen atoms in total. The minimum atomic E-state index is -4.51. The van der Waals surface area contributed by atoms with Crippen molar-refractivity contribution in [1.82, 2.24) is 9.80 Å². The van der Waals surface area contributed by atoms with Gasteiger partial charge in [-0.1, -0.05) is 58.3 Å². The maximum absolute atomic E-state index is 11.8. The van der Waals surface area contributed by atoms with Gasteiger partial charge in [0.05, 0.1) is 27.7 Å². The number of urea groups is 1. The van der Waals surface area contributed by atoms with Gasteiger partial charge in [-0.25, -0.2) is 4.79 Å². The molecule has 0 saturated heterocycles. The normalized spacial score (nSPS) is 13.2. The van der Waals surface area contributed by atoms with Crippen LogP contribution in [0, 0.1) is 0 Å². The van der Waals surface area contributed by atoms with Gasteiger partial charge in [-0.05, 0) is 6.42 Å². The van der Waals surface area contributed by atoms with Crippen molar-refractivity contribution in [2.75, 3.05) is 68.1 Å². The first kappa shape index (κ1) is 32.5. The number of unbranched alkanes of at least 4 members (excludes halogenated alkanes) is 8. The number of phosphoric ester groups is 1. The van der Waals surface area contributed by atoms with Gasteiger partial charge in [-0.2, -0.15) is 0 Å². The summed E-state index contributed by atoms with van der Waals surface area (Å²) in [6, 6.07) is -0.00128. The molecule has 0 fully saturated rings. The summed E-state index contributed by atoms with van der Waals surface area (Å²) in [5.74, 6) is 0. The molecule has 188 valence electrons. The number of carbonyl (C=O) groups excluding carboxylic acids is 1. The van der Waals surface area contributed by atoms with E-state index in [0.29, 0.717) is 17.6 Å². The summed E-state index contributed by atoms with van der Waals surface area (Å²) in [7, 11) is 4.69. The third-order valence-corrected chi connectivity index (χ3v) is 5.08. The summed E-state index contributed by atoms with van der Waals surface area (Å²) in [5.41, 5.74) is 0. The van der Waals surface area contributed by atoms with E-state index in [1.54, 1.807) is 23.9 Å². The maximum Gasteiger partial charge on any atom is 0.319 e. The monoisotopic (exact) mass is 469 g/mol. The second-order valence-corrected chi connectivity index (χ2v) is 10.2. The summed E-state index contributed by atoms with van der Waals surface area (Å²) >= 11 is 0. The molecule has 2 amide bonds. The van der Waals surface area contributed by atoms with E-state index in [0.717, 1.165) is 13.0 Å². The number of rotatable bonds is 16. The Bertz CT molecular complexity index is 480. The van der Waals surface area contributed by atoms with E-state index in [9.17, 15) is 14.3 Å². The van der Waals surface area contributed by atoms with Crippen LogP contribution in [0.25, 0.3) is 0 Å². The fraction of sp³-hybridized carbons (Fsp3) is 0.952. The van der Waals surface area contributed by atoms with Crippen LogP contribution < -0.4 is 4.89 Å². The quantitative estimate of drug-likeness (QED) is 0.204. The van der Waals surface area contributed by atoms with Crippen molar-refractivity contribution in [3.8, 4) is 0 Å². The number of quaternary nitrogens is 1. The van der Waals surface area contributed by atoms with Gasteiger partial charge >= 0.3 is 6.03 Å². The van der Waals surface area contributed by atoms with E-state index in [4.69, 9.17) is 10.00 Å². The number of phosphoric acid groups is 1. The average Bonchev–Trinajstić information content (AvgIpc) is 2.63. The van der Waals surface area contributed by atoms with E-state index < -0.39 is 7.82 Å². The van der Waals surface area contributed by atoms with Gasteiger partial charge in [0.1, 0.15) is 13.2 Å². The van der Waals surface area contributed by atoms with Crippen LogP contribution in [-0.4, -0.2) is 98.4 Å². The van der Waals surface area contributed by atoms with E-state index in [1.165, 1.54) is 51.4 Å². The summed E-state index contributed by atoms with van der Waals surface area (Å²) in [6.07, 6.45) is 11.5. The van der Waals surface area contributed by atoms with E-state index in [-0.39, 0.29) is 19.2 Å². The molecule has 0 aromatic rings. The number of carbonyl (C=O) groups is 1. The van der Waals surface area contributed by atoms with Crippen molar-refractivity contribution in [1.29, 1.82) is 0 Å². The molecule has 0 bridgehead atoms. The Morgan fingerprint density at radius 1 is 0.968 bits per heavy atom. The molecule has 0 aliphatic rings.